The minimum Gasteiger partial charge on any atom is -0.320 e. The summed E-state index contributed by atoms with van der Waals surface area (Å²) in [5, 5.41) is 7.92. The average molecular weight is 130 g/mol. The number of hydrogen-bond acceptors (Lipinski definition) is 4. The quantitative estimate of drug-likeness (QED) is 0.385. The molecular formula is C4H6N2OS. The van der Waals surface area contributed by atoms with Gasteiger partial charge in [0.2, 0.25) is 5.78 Å². The lowest BCUT2D eigenvalue weighted by Gasteiger charge is -1.96. The number of carbonyl (C=O) groups excluding carboxylic acids is 1. The van der Waals surface area contributed by atoms with E-state index in [1.54, 1.807) is 0 Å². The molecule has 4 heteroatoms. The van der Waals surface area contributed by atoms with Crippen LogP contribution in [-0.4, -0.2) is 17.6 Å². The molecular weight excluding hydrogens is 124 g/mol. The van der Waals surface area contributed by atoms with Crippen LogP contribution >= 0.6 is 12.6 Å². The molecule has 0 aromatic carbocycles. The summed E-state index contributed by atoms with van der Waals surface area (Å²) in [5.74, 6) is -0.383. The van der Waals surface area contributed by atoms with Crippen molar-refractivity contribution >= 4 is 18.4 Å². The molecule has 2 N–H and O–H groups in total. The number of nitrogens with two attached hydrogens (primary N) is 1. The van der Waals surface area contributed by atoms with Gasteiger partial charge in [0.25, 0.3) is 0 Å². The summed E-state index contributed by atoms with van der Waals surface area (Å²) < 4.78 is 0. The van der Waals surface area contributed by atoms with Crippen LogP contribution in [0.5, 0.6) is 0 Å². The van der Waals surface area contributed by atoms with Gasteiger partial charge in [-0.3, -0.25) is 4.79 Å². The molecule has 1 atom stereocenters. The van der Waals surface area contributed by atoms with Gasteiger partial charge in [0, 0.05) is 5.75 Å². The number of thiol groups is 1. The molecule has 0 amide bonds. The molecule has 1 unspecified atom stereocenters. The number of ketones is 1. The van der Waals surface area contributed by atoms with Crippen LogP contribution < -0.4 is 5.73 Å². The second kappa shape index (κ2) is 3.47. The van der Waals surface area contributed by atoms with E-state index in [0.29, 0.717) is 0 Å². The third kappa shape index (κ3) is 1.96. The molecule has 0 saturated heterocycles. The number of nitrogens with zero attached hydrogens (tertiary/aromatic N) is 1. The molecule has 0 heterocycles. The van der Waals surface area contributed by atoms with E-state index < -0.39 is 11.8 Å². The minimum atomic E-state index is -0.719. The summed E-state index contributed by atoms with van der Waals surface area (Å²) in [6, 6.07) is 0.684. The predicted octanol–water partition coefficient (Wildman–Crippen LogP) is -0.664. The van der Waals surface area contributed by atoms with Gasteiger partial charge in [0.05, 0.1) is 6.04 Å². The van der Waals surface area contributed by atoms with Gasteiger partial charge in [-0.1, -0.05) is 0 Å². The Balaban J connectivity index is 3.68. The maximum Gasteiger partial charge on any atom is 0.249 e. The highest BCUT2D eigenvalue weighted by Gasteiger charge is 2.08. The van der Waals surface area contributed by atoms with Crippen LogP contribution in [0.4, 0.5) is 0 Å². The van der Waals surface area contributed by atoms with Gasteiger partial charge in [-0.25, -0.2) is 0 Å². The molecule has 8 heavy (non-hydrogen) atoms. The monoisotopic (exact) mass is 130 g/mol. The van der Waals surface area contributed by atoms with Gasteiger partial charge in [-0.2, -0.15) is 17.9 Å². The number of rotatable bonds is 2. The normalized spacial score (nSPS) is 12.1. The summed E-state index contributed by atoms with van der Waals surface area (Å²) in [6.07, 6.45) is 0. The van der Waals surface area contributed by atoms with Crippen molar-refractivity contribution in [2.75, 3.05) is 5.75 Å². The fourth-order valence-corrected chi connectivity index (χ4v) is 0.332. The highest BCUT2D eigenvalue weighted by atomic mass is 32.1. The summed E-state index contributed by atoms with van der Waals surface area (Å²) in [5.41, 5.74) is 5.08. The van der Waals surface area contributed by atoms with Crippen molar-refractivity contribution in [2.45, 2.75) is 6.04 Å². The maximum absolute atomic E-state index is 10.2. The second-order valence-corrected chi connectivity index (χ2v) is 1.63. The molecule has 0 aromatic rings. The van der Waals surface area contributed by atoms with Gasteiger partial charge in [-0.05, 0) is 0 Å². The summed E-state index contributed by atoms with van der Waals surface area (Å²) in [7, 11) is 0. The summed E-state index contributed by atoms with van der Waals surface area (Å²) in [6.45, 7) is 0. The van der Waals surface area contributed by atoms with Crippen LogP contribution in [0.25, 0.3) is 0 Å². The lowest BCUT2D eigenvalue weighted by molar-refractivity contribution is -0.114. The first kappa shape index (κ1) is 7.47. The summed E-state index contributed by atoms with van der Waals surface area (Å²) in [4.78, 5) is 10.2. The van der Waals surface area contributed by atoms with E-state index in [1.807, 2.05) is 0 Å². The fourth-order valence-electron chi connectivity index (χ4n) is 0.166. The zero-order valence-electron chi connectivity index (χ0n) is 4.16. The molecule has 0 aliphatic heterocycles. The van der Waals surface area contributed by atoms with Crippen LogP contribution in [0.1, 0.15) is 0 Å². The number of Topliss-reactive ketones (excluding diaryl/α,β-unsaturated/α-hetero) is 1. The van der Waals surface area contributed by atoms with E-state index in [9.17, 15) is 4.79 Å². The van der Waals surface area contributed by atoms with E-state index in [-0.39, 0.29) is 5.75 Å². The molecule has 0 aliphatic carbocycles. The maximum atomic E-state index is 10.2. The molecule has 0 bridgehead atoms. The Labute approximate surface area is 52.9 Å². The van der Waals surface area contributed by atoms with Crippen molar-refractivity contribution in [3.63, 3.8) is 0 Å². The van der Waals surface area contributed by atoms with Gasteiger partial charge < -0.3 is 5.73 Å². The van der Waals surface area contributed by atoms with E-state index in [2.05, 4.69) is 12.6 Å². The van der Waals surface area contributed by atoms with E-state index >= 15 is 0 Å². The van der Waals surface area contributed by atoms with E-state index in [4.69, 9.17) is 11.0 Å². The summed E-state index contributed by atoms with van der Waals surface area (Å²) >= 11 is 3.71. The molecule has 0 aliphatic rings. The zero-order chi connectivity index (χ0) is 6.57. The first-order valence-corrected chi connectivity index (χ1v) is 2.66. The van der Waals surface area contributed by atoms with Crippen LogP contribution in [0, 0.1) is 11.3 Å². The van der Waals surface area contributed by atoms with Crippen molar-refractivity contribution < 1.29 is 4.79 Å². The number of nitriles is 1. The molecule has 0 saturated carbocycles. The van der Waals surface area contributed by atoms with Gasteiger partial charge >= 0.3 is 0 Å². The Morgan fingerprint density at radius 1 is 2.00 bits per heavy atom. The van der Waals surface area contributed by atoms with E-state index in [0.717, 1.165) is 0 Å². The number of hydrogen-bond donors (Lipinski definition) is 2. The van der Waals surface area contributed by atoms with E-state index in [1.165, 1.54) is 6.07 Å². The smallest absolute Gasteiger partial charge is 0.249 e. The number of carbonyl (C=O) groups is 1. The van der Waals surface area contributed by atoms with Crippen molar-refractivity contribution in [1.82, 2.24) is 0 Å². The van der Waals surface area contributed by atoms with Crippen molar-refractivity contribution in [1.29, 1.82) is 5.26 Å². The molecule has 0 spiro atoms. The lowest BCUT2D eigenvalue weighted by atomic mass is 10.2. The third-order valence-electron chi connectivity index (χ3n) is 0.644. The molecule has 3 nitrogen and oxygen atoms in total. The van der Waals surface area contributed by atoms with Crippen LogP contribution in [0.3, 0.4) is 0 Å². The highest BCUT2D eigenvalue weighted by Crippen LogP contribution is 1.82. The first-order valence-electron chi connectivity index (χ1n) is 2.02. The van der Waals surface area contributed by atoms with Crippen molar-refractivity contribution in [2.24, 2.45) is 5.73 Å². The standard InChI is InChI=1S/C4H6N2OS/c5-1-4(7)3(6)2-8/h3,8H,2,6H2. The molecule has 0 fully saturated rings. The second-order valence-electron chi connectivity index (χ2n) is 1.27. The highest BCUT2D eigenvalue weighted by molar-refractivity contribution is 7.80. The Bertz CT molecular complexity index is 128. The van der Waals surface area contributed by atoms with Gasteiger partial charge in [0.1, 0.15) is 6.07 Å². The largest absolute Gasteiger partial charge is 0.320 e. The van der Waals surface area contributed by atoms with Gasteiger partial charge in [-0.15, -0.1) is 0 Å². The average Bonchev–Trinajstić information content (AvgIpc) is 1.84. The zero-order valence-corrected chi connectivity index (χ0v) is 5.06. The Morgan fingerprint density at radius 3 is 2.62 bits per heavy atom. The molecule has 44 valence electrons. The van der Waals surface area contributed by atoms with Crippen LogP contribution in [-0.2, 0) is 4.79 Å². The van der Waals surface area contributed by atoms with Crippen molar-refractivity contribution in [3.8, 4) is 6.07 Å². The van der Waals surface area contributed by atoms with Gasteiger partial charge in [0.15, 0.2) is 0 Å². The molecule has 0 rings (SSSR count). The SMILES string of the molecule is N#CC(=O)C(N)CS. The predicted molar refractivity (Wildman–Crippen MR) is 32.4 cm³/mol. The minimum absolute atomic E-state index is 0.229. The van der Waals surface area contributed by atoms with Crippen molar-refractivity contribution in [3.05, 3.63) is 0 Å². The molecule has 0 aromatic heterocycles. The van der Waals surface area contributed by atoms with Crippen LogP contribution in [0.15, 0.2) is 0 Å². The first-order chi connectivity index (χ1) is 3.72. The molecule has 0 radical (unpaired) electrons. The fraction of sp³-hybridized carbons (Fsp3) is 0.500. The Hall–Kier alpha value is -0.530. The third-order valence-corrected chi connectivity index (χ3v) is 1.04. The van der Waals surface area contributed by atoms with Crippen LogP contribution in [0.2, 0.25) is 0 Å². The lowest BCUT2D eigenvalue weighted by Crippen LogP contribution is -2.30. The topological polar surface area (TPSA) is 66.9 Å². The Morgan fingerprint density at radius 2 is 2.50 bits per heavy atom. The Kier molecular flexibility index (Phi) is 3.24.